The van der Waals surface area contributed by atoms with Gasteiger partial charge in [-0.05, 0) is 18.2 Å². The molecule has 19 heavy (non-hydrogen) atoms. The minimum absolute atomic E-state index is 0.616. The van der Waals surface area contributed by atoms with Crippen molar-refractivity contribution in [2.24, 2.45) is 0 Å². The summed E-state index contributed by atoms with van der Waals surface area (Å²) in [6.07, 6.45) is 2.45. The average molecular weight is 254 g/mol. The van der Waals surface area contributed by atoms with Crippen molar-refractivity contribution in [2.75, 3.05) is 12.8 Å². The zero-order valence-electron chi connectivity index (χ0n) is 10.6. The lowest BCUT2D eigenvalue weighted by Crippen LogP contribution is -1.95. The van der Waals surface area contributed by atoms with Crippen molar-refractivity contribution >= 4 is 11.3 Å². The topological polar surface area (TPSA) is 65.4 Å². The predicted molar refractivity (Wildman–Crippen MR) is 73.2 cm³/mol. The minimum Gasteiger partial charge on any atom is -0.496 e. The molecule has 3 rings (SSSR count). The fourth-order valence-corrected chi connectivity index (χ4v) is 2.07. The zero-order chi connectivity index (χ0) is 13.2. The number of hydrogen-bond acceptors (Lipinski definition) is 4. The Kier molecular flexibility index (Phi) is 2.79. The van der Waals surface area contributed by atoms with Gasteiger partial charge in [0.25, 0.3) is 0 Å². The van der Waals surface area contributed by atoms with Gasteiger partial charge >= 0.3 is 0 Å². The van der Waals surface area contributed by atoms with E-state index in [9.17, 15) is 0 Å². The molecule has 5 nitrogen and oxygen atoms in total. The maximum atomic E-state index is 5.87. The molecule has 2 heterocycles. The lowest BCUT2D eigenvalue weighted by molar-refractivity contribution is 0.410. The molecule has 2 N–H and O–H groups in total. The van der Waals surface area contributed by atoms with Gasteiger partial charge in [-0.15, -0.1) is 0 Å². The number of aromatic nitrogens is 3. The second-order valence-corrected chi connectivity index (χ2v) is 4.25. The number of hydrogen-bond donors (Lipinski definition) is 1. The van der Waals surface area contributed by atoms with Crippen LogP contribution in [0.5, 0.6) is 5.75 Å². The van der Waals surface area contributed by atoms with Crippen LogP contribution in [0.4, 0.5) is 5.69 Å². The highest BCUT2D eigenvalue weighted by Crippen LogP contribution is 2.20. The summed E-state index contributed by atoms with van der Waals surface area (Å²) in [6.45, 7) is 0. The van der Waals surface area contributed by atoms with Crippen LogP contribution >= 0.6 is 0 Å². The number of nitrogens with two attached hydrogens (primary N) is 1. The third kappa shape index (κ3) is 2.10. The number of benzene rings is 1. The van der Waals surface area contributed by atoms with Crippen LogP contribution in [-0.4, -0.2) is 21.7 Å². The summed E-state index contributed by atoms with van der Waals surface area (Å²) in [7, 11) is 1.66. The second kappa shape index (κ2) is 4.61. The molecule has 0 atom stereocenters. The molecule has 96 valence electrons. The Bertz CT molecular complexity index is 720. The number of para-hydroxylation sites is 1. The van der Waals surface area contributed by atoms with Crippen LogP contribution in [0, 0.1) is 0 Å². The molecule has 0 bridgehead atoms. The molecule has 3 aromatic rings. The van der Waals surface area contributed by atoms with Gasteiger partial charge in [0.1, 0.15) is 5.75 Å². The van der Waals surface area contributed by atoms with Crippen molar-refractivity contribution in [3.05, 3.63) is 54.0 Å². The molecule has 0 fully saturated rings. The number of rotatable bonds is 3. The van der Waals surface area contributed by atoms with E-state index in [0.29, 0.717) is 17.8 Å². The molecule has 0 saturated carbocycles. The van der Waals surface area contributed by atoms with Crippen LogP contribution in [-0.2, 0) is 6.42 Å². The molecule has 0 aliphatic heterocycles. The van der Waals surface area contributed by atoms with E-state index in [1.165, 1.54) is 0 Å². The first-order valence-electron chi connectivity index (χ1n) is 5.99. The van der Waals surface area contributed by atoms with E-state index in [1.807, 2.05) is 42.6 Å². The molecule has 0 aliphatic carbocycles. The first kappa shape index (κ1) is 11.5. The van der Waals surface area contributed by atoms with Gasteiger partial charge in [0, 0.05) is 18.2 Å². The van der Waals surface area contributed by atoms with E-state index in [2.05, 4.69) is 10.1 Å². The summed E-state index contributed by atoms with van der Waals surface area (Å²) >= 11 is 0. The molecule has 0 radical (unpaired) electrons. The van der Waals surface area contributed by atoms with Crippen LogP contribution in [0.1, 0.15) is 11.4 Å². The van der Waals surface area contributed by atoms with Crippen molar-refractivity contribution in [2.45, 2.75) is 6.42 Å². The summed E-state index contributed by atoms with van der Waals surface area (Å²) in [5.74, 6) is 1.57. The van der Waals surface area contributed by atoms with Crippen molar-refractivity contribution in [3.63, 3.8) is 0 Å². The van der Waals surface area contributed by atoms with Crippen molar-refractivity contribution in [1.82, 2.24) is 14.6 Å². The van der Waals surface area contributed by atoms with Gasteiger partial charge < -0.3 is 10.5 Å². The number of fused-ring (bicyclic) bond motifs is 1. The van der Waals surface area contributed by atoms with Crippen molar-refractivity contribution in [1.29, 1.82) is 0 Å². The van der Waals surface area contributed by atoms with Gasteiger partial charge in [0.05, 0.1) is 12.8 Å². The highest BCUT2D eigenvalue weighted by atomic mass is 16.5. The van der Waals surface area contributed by atoms with Crippen molar-refractivity contribution < 1.29 is 4.74 Å². The number of ether oxygens (including phenoxy) is 1. The number of methoxy groups -OCH3 is 1. The van der Waals surface area contributed by atoms with E-state index < -0.39 is 0 Å². The fourth-order valence-electron chi connectivity index (χ4n) is 2.07. The molecule has 0 saturated heterocycles. The maximum absolute atomic E-state index is 5.87. The van der Waals surface area contributed by atoms with Gasteiger partial charge in [0.15, 0.2) is 11.5 Å². The van der Waals surface area contributed by atoms with Crippen LogP contribution in [0.15, 0.2) is 42.6 Å². The molecule has 0 amide bonds. The van der Waals surface area contributed by atoms with Gasteiger partial charge in [-0.3, -0.25) is 0 Å². The van der Waals surface area contributed by atoms with Crippen LogP contribution in [0.2, 0.25) is 0 Å². The van der Waals surface area contributed by atoms with E-state index >= 15 is 0 Å². The summed E-state index contributed by atoms with van der Waals surface area (Å²) in [5.41, 5.74) is 8.24. The maximum Gasteiger partial charge on any atom is 0.178 e. The minimum atomic E-state index is 0.616. The quantitative estimate of drug-likeness (QED) is 0.775. The molecule has 0 aliphatic rings. The van der Waals surface area contributed by atoms with Gasteiger partial charge in [-0.25, -0.2) is 9.50 Å². The zero-order valence-corrected chi connectivity index (χ0v) is 10.6. The third-order valence-electron chi connectivity index (χ3n) is 2.98. The molecule has 0 spiro atoms. The summed E-state index contributed by atoms with van der Waals surface area (Å²) < 4.78 is 7.02. The van der Waals surface area contributed by atoms with E-state index in [-0.39, 0.29) is 0 Å². The molecule has 5 heteroatoms. The number of anilines is 1. The summed E-state index contributed by atoms with van der Waals surface area (Å²) in [6, 6.07) is 11.5. The van der Waals surface area contributed by atoms with E-state index in [0.717, 1.165) is 17.1 Å². The van der Waals surface area contributed by atoms with Gasteiger partial charge in [-0.1, -0.05) is 18.2 Å². The first-order chi connectivity index (χ1) is 9.28. The second-order valence-electron chi connectivity index (χ2n) is 4.25. The lowest BCUT2D eigenvalue weighted by Gasteiger charge is -2.05. The van der Waals surface area contributed by atoms with Gasteiger partial charge in [0.2, 0.25) is 0 Å². The number of pyridine rings is 1. The van der Waals surface area contributed by atoms with Gasteiger partial charge in [-0.2, -0.15) is 5.10 Å². The number of nitrogen functional groups attached to an aromatic ring is 1. The monoisotopic (exact) mass is 254 g/mol. The summed E-state index contributed by atoms with van der Waals surface area (Å²) in [5, 5.41) is 4.41. The predicted octanol–water partition coefficient (Wildman–Crippen LogP) is 1.91. The van der Waals surface area contributed by atoms with Crippen LogP contribution in [0.25, 0.3) is 5.65 Å². The average Bonchev–Trinajstić information content (AvgIpc) is 2.83. The Hall–Kier alpha value is -2.56. The van der Waals surface area contributed by atoms with Crippen LogP contribution < -0.4 is 10.5 Å². The fraction of sp³-hybridized carbons (Fsp3) is 0.143. The molecule has 2 aromatic heterocycles. The van der Waals surface area contributed by atoms with E-state index in [1.54, 1.807) is 11.6 Å². The highest BCUT2D eigenvalue weighted by molar-refractivity contribution is 5.63. The Balaban J connectivity index is 1.99. The smallest absolute Gasteiger partial charge is 0.178 e. The third-order valence-corrected chi connectivity index (χ3v) is 2.98. The Labute approximate surface area is 110 Å². The normalized spacial score (nSPS) is 10.8. The Morgan fingerprint density at radius 2 is 2.05 bits per heavy atom. The number of nitrogens with zero attached hydrogens (tertiary/aromatic N) is 3. The van der Waals surface area contributed by atoms with Crippen LogP contribution in [0.3, 0.4) is 0 Å². The standard InChI is InChI=1S/C14H14N4O/c1-19-12-7-3-2-5-10(12)9-13-16-14-11(15)6-4-8-18(14)17-13/h2-8H,9,15H2,1H3. The highest BCUT2D eigenvalue weighted by Gasteiger charge is 2.09. The lowest BCUT2D eigenvalue weighted by atomic mass is 10.1. The Morgan fingerprint density at radius 3 is 2.84 bits per heavy atom. The largest absolute Gasteiger partial charge is 0.496 e. The molecule has 1 aromatic carbocycles. The molecular formula is C14H14N4O. The first-order valence-corrected chi connectivity index (χ1v) is 5.99. The SMILES string of the molecule is COc1ccccc1Cc1nc2c(N)cccn2n1. The molecule has 0 unspecified atom stereocenters. The molecular weight excluding hydrogens is 240 g/mol. The van der Waals surface area contributed by atoms with Crippen molar-refractivity contribution in [3.8, 4) is 5.75 Å². The van der Waals surface area contributed by atoms with E-state index in [4.69, 9.17) is 10.5 Å². The Morgan fingerprint density at radius 1 is 1.21 bits per heavy atom. The summed E-state index contributed by atoms with van der Waals surface area (Å²) in [4.78, 5) is 4.45.